The van der Waals surface area contributed by atoms with Crippen molar-refractivity contribution in [2.75, 3.05) is 18.6 Å². The molecule has 0 atom stereocenters. The second-order valence-electron chi connectivity index (χ2n) is 2.67. The fraction of sp³-hybridized carbons (Fsp3) is 0.300. The number of carbonyl (C=O) groups excluding carboxylic acids is 1. The van der Waals surface area contributed by atoms with E-state index in [-0.39, 0.29) is 5.69 Å². The zero-order valence-corrected chi connectivity index (χ0v) is 8.16. The molecule has 1 aromatic rings. The first-order valence-corrected chi connectivity index (χ1v) is 4.30. The van der Waals surface area contributed by atoms with Gasteiger partial charge in [-0.05, 0) is 19.1 Å². The van der Waals surface area contributed by atoms with E-state index in [1.54, 1.807) is 19.1 Å². The molecule has 1 amide bonds. The van der Waals surface area contributed by atoms with Crippen molar-refractivity contribution in [1.82, 2.24) is 0 Å². The number of carbonyl (C=O) groups is 1. The van der Waals surface area contributed by atoms with Crippen molar-refractivity contribution < 1.29 is 13.9 Å². The molecule has 76 valence electrons. The third-order valence-corrected chi connectivity index (χ3v) is 1.85. The molecule has 0 N–H and O–H groups in total. The fourth-order valence-corrected chi connectivity index (χ4v) is 1.18. The minimum atomic E-state index is -0.558. The second kappa shape index (κ2) is 4.60. The first-order valence-electron chi connectivity index (χ1n) is 4.30. The number of benzene rings is 1. The van der Waals surface area contributed by atoms with Gasteiger partial charge in [0.25, 0.3) is 0 Å². The number of hydrogen-bond donors (Lipinski definition) is 0. The van der Waals surface area contributed by atoms with E-state index < -0.39 is 11.9 Å². The maximum Gasteiger partial charge on any atom is 0.414 e. The Morgan fingerprint density at radius 1 is 1.50 bits per heavy atom. The molecule has 0 heterocycles. The molecule has 1 rings (SSSR count). The molecule has 0 unspecified atom stereocenters. The molecule has 4 heteroatoms. The van der Waals surface area contributed by atoms with Gasteiger partial charge >= 0.3 is 6.09 Å². The van der Waals surface area contributed by atoms with E-state index in [2.05, 4.69) is 4.74 Å². The van der Waals surface area contributed by atoms with Crippen LogP contribution in [0.4, 0.5) is 14.9 Å². The van der Waals surface area contributed by atoms with Crippen molar-refractivity contribution in [2.45, 2.75) is 6.92 Å². The van der Waals surface area contributed by atoms with Crippen molar-refractivity contribution in [1.29, 1.82) is 0 Å². The quantitative estimate of drug-likeness (QED) is 0.728. The molecular weight excluding hydrogens is 185 g/mol. The van der Waals surface area contributed by atoms with Crippen LogP contribution in [0.2, 0.25) is 0 Å². The van der Waals surface area contributed by atoms with Crippen LogP contribution in [0.15, 0.2) is 24.3 Å². The highest BCUT2D eigenvalue weighted by Gasteiger charge is 2.16. The van der Waals surface area contributed by atoms with Crippen molar-refractivity contribution in [3.05, 3.63) is 30.1 Å². The van der Waals surface area contributed by atoms with E-state index in [0.29, 0.717) is 6.54 Å². The van der Waals surface area contributed by atoms with Crippen LogP contribution in [0.5, 0.6) is 0 Å². The smallest absolute Gasteiger partial charge is 0.414 e. The zero-order valence-electron chi connectivity index (χ0n) is 8.16. The summed E-state index contributed by atoms with van der Waals surface area (Å²) in [6.45, 7) is 2.12. The third-order valence-electron chi connectivity index (χ3n) is 1.85. The lowest BCUT2D eigenvalue weighted by Gasteiger charge is -2.19. The number of para-hydroxylation sites is 1. The van der Waals surface area contributed by atoms with E-state index in [9.17, 15) is 9.18 Å². The van der Waals surface area contributed by atoms with Crippen LogP contribution in [0, 0.1) is 5.82 Å². The maximum absolute atomic E-state index is 13.3. The molecule has 14 heavy (non-hydrogen) atoms. The standard InChI is InChI=1S/C10H12FNO2/c1-3-12(10(13)14-2)9-7-5-4-6-8(9)11/h4-7H,3H2,1-2H3. The van der Waals surface area contributed by atoms with Crippen LogP contribution >= 0.6 is 0 Å². The SMILES string of the molecule is CCN(C(=O)OC)c1ccccc1F. The summed E-state index contributed by atoms with van der Waals surface area (Å²) in [7, 11) is 1.27. The molecule has 0 fully saturated rings. The van der Waals surface area contributed by atoms with Crippen molar-refractivity contribution >= 4 is 11.8 Å². The minimum Gasteiger partial charge on any atom is -0.452 e. The van der Waals surface area contributed by atoms with Crippen molar-refractivity contribution in [2.24, 2.45) is 0 Å². The number of ether oxygens (including phenoxy) is 1. The van der Waals surface area contributed by atoms with E-state index in [1.807, 2.05) is 0 Å². The molecule has 0 aliphatic carbocycles. The largest absolute Gasteiger partial charge is 0.452 e. The van der Waals surface area contributed by atoms with Crippen LogP contribution in [0.1, 0.15) is 6.92 Å². The summed E-state index contributed by atoms with van der Waals surface area (Å²) in [5, 5.41) is 0. The molecule has 0 saturated heterocycles. The monoisotopic (exact) mass is 197 g/mol. The highest BCUT2D eigenvalue weighted by molar-refractivity contribution is 5.87. The first-order chi connectivity index (χ1) is 6.70. The molecule has 1 aromatic carbocycles. The average molecular weight is 197 g/mol. The highest BCUT2D eigenvalue weighted by atomic mass is 19.1. The fourth-order valence-electron chi connectivity index (χ4n) is 1.18. The summed E-state index contributed by atoms with van der Waals surface area (Å²) >= 11 is 0. The Kier molecular flexibility index (Phi) is 3.45. The summed E-state index contributed by atoms with van der Waals surface area (Å²) in [4.78, 5) is 12.5. The van der Waals surface area contributed by atoms with Gasteiger partial charge in [-0.25, -0.2) is 9.18 Å². The second-order valence-corrected chi connectivity index (χ2v) is 2.67. The van der Waals surface area contributed by atoms with Gasteiger partial charge in [-0.1, -0.05) is 12.1 Å². The number of rotatable bonds is 2. The minimum absolute atomic E-state index is 0.238. The summed E-state index contributed by atoms with van der Waals surface area (Å²) in [6.07, 6.45) is -0.558. The summed E-state index contributed by atoms with van der Waals surface area (Å²) < 4.78 is 17.8. The number of methoxy groups -OCH3 is 1. The Labute approximate surface area is 82.1 Å². The van der Waals surface area contributed by atoms with E-state index in [1.165, 1.54) is 24.1 Å². The number of anilines is 1. The highest BCUT2D eigenvalue weighted by Crippen LogP contribution is 2.18. The van der Waals surface area contributed by atoms with E-state index in [0.717, 1.165) is 0 Å². The molecule has 0 aliphatic rings. The number of nitrogens with zero attached hydrogens (tertiary/aromatic N) is 1. The van der Waals surface area contributed by atoms with Gasteiger partial charge in [-0.3, -0.25) is 4.90 Å². The summed E-state index contributed by atoms with van der Waals surface area (Å²) in [5.41, 5.74) is 0.238. The third kappa shape index (κ3) is 2.02. The van der Waals surface area contributed by atoms with E-state index >= 15 is 0 Å². The molecule has 0 bridgehead atoms. The van der Waals surface area contributed by atoms with Gasteiger partial charge < -0.3 is 4.74 Å². The predicted molar refractivity (Wildman–Crippen MR) is 51.8 cm³/mol. The average Bonchev–Trinajstić information content (AvgIpc) is 2.21. The maximum atomic E-state index is 13.3. The molecule has 3 nitrogen and oxygen atoms in total. The molecular formula is C10H12FNO2. The molecule has 0 aliphatic heterocycles. The summed E-state index contributed by atoms with van der Waals surface area (Å²) in [6, 6.07) is 6.09. The van der Waals surface area contributed by atoms with Crippen LogP contribution in [-0.2, 0) is 4.74 Å². The number of hydrogen-bond acceptors (Lipinski definition) is 2. The predicted octanol–water partition coefficient (Wildman–Crippen LogP) is 2.42. The Balaban J connectivity index is 3.01. The van der Waals surface area contributed by atoms with Crippen LogP contribution in [0.3, 0.4) is 0 Å². The van der Waals surface area contributed by atoms with Gasteiger partial charge in [0.15, 0.2) is 0 Å². The van der Waals surface area contributed by atoms with Crippen LogP contribution in [0.25, 0.3) is 0 Å². The van der Waals surface area contributed by atoms with Crippen LogP contribution in [-0.4, -0.2) is 19.7 Å². The normalized spacial score (nSPS) is 9.64. The summed E-state index contributed by atoms with van der Waals surface area (Å²) in [5.74, 6) is -0.431. The van der Waals surface area contributed by atoms with Gasteiger partial charge in [-0.15, -0.1) is 0 Å². The topological polar surface area (TPSA) is 29.5 Å². The Bertz CT molecular complexity index is 328. The molecule has 0 radical (unpaired) electrons. The lowest BCUT2D eigenvalue weighted by molar-refractivity contribution is 0.179. The molecule has 0 spiro atoms. The first kappa shape index (κ1) is 10.5. The van der Waals surface area contributed by atoms with Crippen LogP contribution < -0.4 is 4.90 Å². The Morgan fingerprint density at radius 3 is 2.64 bits per heavy atom. The Morgan fingerprint density at radius 2 is 2.14 bits per heavy atom. The van der Waals surface area contributed by atoms with Crippen molar-refractivity contribution in [3.8, 4) is 0 Å². The molecule has 0 saturated carbocycles. The van der Waals surface area contributed by atoms with Gasteiger partial charge in [0.1, 0.15) is 5.82 Å². The lowest BCUT2D eigenvalue weighted by atomic mass is 10.3. The van der Waals surface area contributed by atoms with Crippen molar-refractivity contribution in [3.63, 3.8) is 0 Å². The van der Waals surface area contributed by atoms with E-state index in [4.69, 9.17) is 0 Å². The number of amides is 1. The van der Waals surface area contributed by atoms with Gasteiger partial charge in [0.05, 0.1) is 12.8 Å². The van der Waals surface area contributed by atoms with Gasteiger partial charge in [0.2, 0.25) is 0 Å². The molecule has 0 aromatic heterocycles. The zero-order chi connectivity index (χ0) is 10.6. The lowest BCUT2D eigenvalue weighted by Crippen LogP contribution is -2.31. The Hall–Kier alpha value is -1.58. The number of halogens is 1. The van der Waals surface area contributed by atoms with Gasteiger partial charge in [-0.2, -0.15) is 0 Å². The van der Waals surface area contributed by atoms with Gasteiger partial charge in [0, 0.05) is 6.54 Å².